The molecule has 0 bridgehead atoms. The van der Waals surface area contributed by atoms with Gasteiger partial charge in [-0.3, -0.25) is 0 Å². The molecule has 0 fully saturated rings. The molecule has 0 heterocycles. The van der Waals surface area contributed by atoms with Crippen molar-refractivity contribution in [1.82, 2.24) is 0 Å². The molecule has 0 aliphatic carbocycles. The summed E-state index contributed by atoms with van der Waals surface area (Å²) in [5, 5.41) is 29.0. The molecular formula is C36H27BO2. The van der Waals surface area contributed by atoms with Gasteiger partial charge in [-0.05, 0) is 95.1 Å². The Morgan fingerprint density at radius 1 is 0.487 bits per heavy atom. The summed E-state index contributed by atoms with van der Waals surface area (Å²) < 4.78 is 0. The first-order chi connectivity index (χ1) is 19.2. The fraction of sp³-hybridized carbons (Fsp3) is 0.0556. The topological polar surface area (TPSA) is 40.5 Å². The van der Waals surface area contributed by atoms with Crippen molar-refractivity contribution < 1.29 is 10.0 Å². The maximum atomic E-state index is 10.0. The summed E-state index contributed by atoms with van der Waals surface area (Å²) in [6.45, 7) is 4.00. The zero-order valence-electron chi connectivity index (χ0n) is 21.9. The van der Waals surface area contributed by atoms with Crippen LogP contribution in [0.25, 0.3) is 65.3 Å². The molecule has 0 saturated carbocycles. The largest absolute Gasteiger partial charge is 0.488 e. The molecule has 2 nitrogen and oxygen atoms in total. The third-order valence-electron chi connectivity index (χ3n) is 7.30. The van der Waals surface area contributed by atoms with Gasteiger partial charge in [0.05, 0.1) is 0 Å². The van der Waals surface area contributed by atoms with Gasteiger partial charge in [0.25, 0.3) is 0 Å². The van der Waals surface area contributed by atoms with E-state index in [1.54, 1.807) is 6.07 Å². The van der Waals surface area contributed by atoms with Crippen molar-refractivity contribution in [3.63, 3.8) is 0 Å². The molecule has 39 heavy (non-hydrogen) atoms. The van der Waals surface area contributed by atoms with Gasteiger partial charge in [-0.15, -0.1) is 0 Å². The fourth-order valence-electron chi connectivity index (χ4n) is 5.55. The SMILES string of the molecule is CC.OB(O)c1ccc2c(-c3ccc4ccccc4c3)c3cc#ccc3c(-c3ccc4ccccc4c3)c2c1. The second kappa shape index (κ2) is 10.3. The first kappa shape index (κ1) is 24.7. The van der Waals surface area contributed by atoms with Gasteiger partial charge < -0.3 is 10.0 Å². The van der Waals surface area contributed by atoms with Crippen molar-refractivity contribution in [2.75, 3.05) is 0 Å². The van der Waals surface area contributed by atoms with Crippen molar-refractivity contribution in [2.45, 2.75) is 13.8 Å². The molecule has 0 radical (unpaired) electrons. The Bertz CT molecular complexity index is 1970. The minimum atomic E-state index is -1.55. The van der Waals surface area contributed by atoms with E-state index in [9.17, 15) is 10.0 Å². The number of hydrogen-bond acceptors (Lipinski definition) is 2. The monoisotopic (exact) mass is 502 g/mol. The highest BCUT2D eigenvalue weighted by Crippen LogP contribution is 2.44. The van der Waals surface area contributed by atoms with Crippen molar-refractivity contribution in [3.8, 4) is 22.3 Å². The molecular weight excluding hydrogens is 475 g/mol. The molecule has 7 aromatic rings. The smallest absolute Gasteiger partial charge is 0.423 e. The molecule has 186 valence electrons. The van der Waals surface area contributed by atoms with Gasteiger partial charge in [-0.1, -0.05) is 117 Å². The number of benzene rings is 6. The molecule has 2 N–H and O–H groups in total. The van der Waals surface area contributed by atoms with Crippen LogP contribution in [0, 0.1) is 12.1 Å². The minimum absolute atomic E-state index is 0.463. The van der Waals surface area contributed by atoms with E-state index in [4.69, 9.17) is 0 Å². The Morgan fingerprint density at radius 2 is 0.974 bits per heavy atom. The lowest BCUT2D eigenvalue weighted by Gasteiger charge is -2.18. The molecule has 0 spiro atoms. The molecule has 0 atom stereocenters. The second-order valence-corrected chi connectivity index (χ2v) is 9.46. The molecule has 3 heteroatoms. The van der Waals surface area contributed by atoms with E-state index >= 15 is 0 Å². The Balaban J connectivity index is 0.00000135. The van der Waals surface area contributed by atoms with E-state index in [-0.39, 0.29) is 0 Å². The minimum Gasteiger partial charge on any atom is -0.423 e. The Hall–Kier alpha value is -4.62. The van der Waals surface area contributed by atoms with Gasteiger partial charge in [-0.2, -0.15) is 0 Å². The van der Waals surface area contributed by atoms with Crippen LogP contribution < -0.4 is 5.46 Å². The average Bonchev–Trinajstić information content (AvgIpc) is 3.00. The normalized spacial score (nSPS) is 10.9. The van der Waals surface area contributed by atoms with E-state index in [0.29, 0.717) is 5.46 Å². The van der Waals surface area contributed by atoms with Crippen molar-refractivity contribution >= 4 is 55.7 Å². The molecule has 0 aliphatic rings. The van der Waals surface area contributed by atoms with Gasteiger partial charge in [0.15, 0.2) is 0 Å². The molecule has 0 aliphatic heterocycles. The van der Waals surface area contributed by atoms with Gasteiger partial charge in [0.1, 0.15) is 0 Å². The molecule has 7 aromatic carbocycles. The van der Waals surface area contributed by atoms with Gasteiger partial charge >= 0.3 is 7.12 Å². The van der Waals surface area contributed by atoms with Crippen LogP contribution in [0.15, 0.2) is 115 Å². The van der Waals surface area contributed by atoms with Crippen molar-refractivity contribution in [1.29, 1.82) is 0 Å². The van der Waals surface area contributed by atoms with Gasteiger partial charge in [-0.25, -0.2) is 0 Å². The Labute approximate surface area is 228 Å². The third kappa shape index (κ3) is 4.31. The lowest BCUT2D eigenvalue weighted by Crippen LogP contribution is -2.29. The van der Waals surface area contributed by atoms with Gasteiger partial charge in [0, 0.05) is 0 Å². The highest BCUT2D eigenvalue weighted by molar-refractivity contribution is 6.59. The number of fused-ring (bicyclic) bond motifs is 4. The van der Waals surface area contributed by atoms with Crippen LogP contribution in [0.2, 0.25) is 0 Å². The van der Waals surface area contributed by atoms with Crippen LogP contribution in [-0.4, -0.2) is 17.2 Å². The average molecular weight is 502 g/mol. The number of rotatable bonds is 3. The Morgan fingerprint density at radius 3 is 1.49 bits per heavy atom. The number of hydrogen-bond donors (Lipinski definition) is 2. The summed E-state index contributed by atoms with van der Waals surface area (Å²) in [6, 6.07) is 45.8. The van der Waals surface area contributed by atoms with Crippen molar-refractivity contribution in [2.24, 2.45) is 0 Å². The summed E-state index contributed by atoms with van der Waals surface area (Å²) in [5.41, 5.74) is 4.79. The van der Waals surface area contributed by atoms with Gasteiger partial charge in [0.2, 0.25) is 0 Å². The van der Waals surface area contributed by atoms with Crippen LogP contribution in [0.3, 0.4) is 0 Å². The van der Waals surface area contributed by atoms with Crippen molar-refractivity contribution in [3.05, 3.63) is 127 Å². The highest BCUT2D eigenvalue weighted by Gasteiger charge is 2.20. The predicted octanol–water partition coefficient (Wildman–Crippen LogP) is 7.94. The standard InChI is InChI=1S/C34H21BO2.C2H6/c36-35(37)28-17-18-31-32(21-28)34(27-16-14-23-8-2-4-10-25(23)20-27)30-12-6-5-11-29(30)33(31)26-15-13-22-7-1-3-9-24(22)19-26;1-2/h1-4,7-21,36-37H;1-2H3. The van der Waals surface area contributed by atoms with E-state index in [2.05, 4.69) is 84.9 Å². The molecule has 0 aromatic heterocycles. The van der Waals surface area contributed by atoms with E-state index in [1.165, 1.54) is 16.2 Å². The fourth-order valence-corrected chi connectivity index (χ4v) is 5.55. The first-order valence-electron chi connectivity index (χ1n) is 13.3. The molecule has 0 amide bonds. The van der Waals surface area contributed by atoms with E-state index < -0.39 is 7.12 Å². The molecule has 0 saturated heterocycles. The molecule has 0 unspecified atom stereocenters. The highest BCUT2D eigenvalue weighted by atomic mass is 16.4. The Kier molecular flexibility index (Phi) is 6.51. The van der Waals surface area contributed by atoms with Crippen LogP contribution in [-0.2, 0) is 0 Å². The summed E-state index contributed by atoms with van der Waals surface area (Å²) in [7, 11) is -1.55. The lowest BCUT2D eigenvalue weighted by atomic mass is 9.77. The van der Waals surface area contributed by atoms with Crippen LogP contribution >= 0.6 is 0 Å². The van der Waals surface area contributed by atoms with Crippen LogP contribution in [0.1, 0.15) is 13.8 Å². The summed E-state index contributed by atoms with van der Waals surface area (Å²) >= 11 is 0. The van der Waals surface area contributed by atoms with Crippen LogP contribution in [0.4, 0.5) is 0 Å². The first-order valence-corrected chi connectivity index (χ1v) is 13.3. The zero-order valence-corrected chi connectivity index (χ0v) is 21.9. The zero-order chi connectivity index (χ0) is 26.9. The maximum absolute atomic E-state index is 10.0. The quantitative estimate of drug-likeness (QED) is 0.241. The predicted molar refractivity (Wildman–Crippen MR) is 166 cm³/mol. The maximum Gasteiger partial charge on any atom is 0.488 e. The lowest BCUT2D eigenvalue weighted by molar-refractivity contribution is 0.426. The van der Waals surface area contributed by atoms with E-state index in [1.807, 2.05) is 50.2 Å². The third-order valence-corrected chi connectivity index (χ3v) is 7.30. The molecule has 7 rings (SSSR count). The summed E-state index contributed by atoms with van der Waals surface area (Å²) in [6.07, 6.45) is 0. The summed E-state index contributed by atoms with van der Waals surface area (Å²) in [5.74, 6) is 0. The second-order valence-electron chi connectivity index (χ2n) is 9.46. The van der Waals surface area contributed by atoms with E-state index in [0.717, 1.165) is 49.2 Å². The van der Waals surface area contributed by atoms with Crippen LogP contribution in [0.5, 0.6) is 0 Å². The summed E-state index contributed by atoms with van der Waals surface area (Å²) in [4.78, 5) is 0.